The van der Waals surface area contributed by atoms with Crippen molar-refractivity contribution in [1.82, 2.24) is 9.80 Å². The van der Waals surface area contributed by atoms with Gasteiger partial charge in [-0.1, -0.05) is 23.2 Å². The van der Waals surface area contributed by atoms with Gasteiger partial charge in [0.1, 0.15) is 0 Å². The Morgan fingerprint density at radius 1 is 1.04 bits per heavy atom. The fourth-order valence-corrected chi connectivity index (χ4v) is 3.29. The predicted molar refractivity (Wildman–Crippen MR) is 97.9 cm³/mol. The molecule has 0 unspecified atom stereocenters. The fourth-order valence-electron chi connectivity index (χ4n) is 2.78. The van der Waals surface area contributed by atoms with Crippen LogP contribution in [-0.2, 0) is 14.4 Å². The number of hydrogen-bond acceptors (Lipinski definition) is 3. The van der Waals surface area contributed by atoms with Crippen LogP contribution in [0.15, 0.2) is 18.2 Å². The number of amides is 3. The van der Waals surface area contributed by atoms with Crippen LogP contribution in [0, 0.1) is 0 Å². The molecule has 1 aliphatic rings. The standard InChI is InChI=1S/C17H21Cl2N3O3/c1-12(23)20-7-9-21(10-8-20)17(25)5-6-22(13(2)24)16-4-3-14(18)11-15(16)19/h3-4,11H,5-10H2,1-2H3. The van der Waals surface area contributed by atoms with Crippen LogP contribution >= 0.6 is 23.2 Å². The van der Waals surface area contributed by atoms with Crippen molar-refractivity contribution in [3.63, 3.8) is 0 Å². The van der Waals surface area contributed by atoms with E-state index >= 15 is 0 Å². The van der Waals surface area contributed by atoms with Gasteiger partial charge in [0.15, 0.2) is 0 Å². The van der Waals surface area contributed by atoms with Crippen LogP contribution in [0.1, 0.15) is 20.3 Å². The highest BCUT2D eigenvalue weighted by molar-refractivity contribution is 6.36. The zero-order valence-electron chi connectivity index (χ0n) is 14.3. The second-order valence-corrected chi connectivity index (χ2v) is 6.75. The van der Waals surface area contributed by atoms with E-state index in [0.717, 1.165) is 0 Å². The predicted octanol–water partition coefficient (Wildman–Crippen LogP) is 2.43. The quantitative estimate of drug-likeness (QED) is 0.799. The Morgan fingerprint density at radius 3 is 2.16 bits per heavy atom. The summed E-state index contributed by atoms with van der Waals surface area (Å²) >= 11 is 12.1. The van der Waals surface area contributed by atoms with Gasteiger partial charge in [0, 0.05) is 58.0 Å². The molecule has 136 valence electrons. The minimum Gasteiger partial charge on any atom is -0.339 e. The minimum absolute atomic E-state index is 0.0206. The van der Waals surface area contributed by atoms with Crippen molar-refractivity contribution < 1.29 is 14.4 Å². The van der Waals surface area contributed by atoms with E-state index in [1.54, 1.807) is 28.0 Å². The Hall–Kier alpha value is -1.79. The van der Waals surface area contributed by atoms with Gasteiger partial charge in [-0.2, -0.15) is 0 Å². The van der Waals surface area contributed by atoms with Crippen molar-refractivity contribution in [3.8, 4) is 0 Å². The third-order valence-electron chi connectivity index (χ3n) is 4.21. The fraction of sp³-hybridized carbons (Fsp3) is 0.471. The molecule has 1 aromatic rings. The lowest BCUT2D eigenvalue weighted by molar-refractivity contribution is -0.138. The number of rotatable bonds is 4. The van der Waals surface area contributed by atoms with Crippen molar-refractivity contribution >= 4 is 46.6 Å². The number of hydrogen-bond donors (Lipinski definition) is 0. The monoisotopic (exact) mass is 385 g/mol. The molecule has 0 aliphatic carbocycles. The molecule has 1 fully saturated rings. The van der Waals surface area contributed by atoms with Crippen LogP contribution < -0.4 is 4.90 Å². The van der Waals surface area contributed by atoms with Crippen LogP contribution in [0.5, 0.6) is 0 Å². The molecule has 8 heteroatoms. The van der Waals surface area contributed by atoms with E-state index in [1.165, 1.54) is 18.7 Å². The van der Waals surface area contributed by atoms with Gasteiger partial charge in [0.25, 0.3) is 0 Å². The van der Waals surface area contributed by atoms with Gasteiger partial charge in [-0.3, -0.25) is 14.4 Å². The van der Waals surface area contributed by atoms with E-state index in [2.05, 4.69) is 0 Å². The summed E-state index contributed by atoms with van der Waals surface area (Å²) in [4.78, 5) is 40.6. The lowest BCUT2D eigenvalue weighted by atomic mass is 10.2. The molecule has 0 saturated carbocycles. The first-order valence-electron chi connectivity index (χ1n) is 8.06. The Balaban J connectivity index is 1.96. The maximum Gasteiger partial charge on any atom is 0.224 e. The van der Waals surface area contributed by atoms with Crippen LogP contribution in [0.2, 0.25) is 10.0 Å². The van der Waals surface area contributed by atoms with Crippen molar-refractivity contribution in [2.75, 3.05) is 37.6 Å². The normalized spacial score (nSPS) is 14.4. The molecular formula is C17H21Cl2N3O3. The molecule has 1 aliphatic heterocycles. The summed E-state index contributed by atoms with van der Waals surface area (Å²) < 4.78 is 0. The molecule has 1 aromatic carbocycles. The zero-order valence-corrected chi connectivity index (χ0v) is 15.8. The largest absolute Gasteiger partial charge is 0.339 e. The van der Waals surface area contributed by atoms with Gasteiger partial charge in [0.05, 0.1) is 10.7 Å². The van der Waals surface area contributed by atoms with E-state index in [9.17, 15) is 14.4 Å². The Morgan fingerprint density at radius 2 is 1.64 bits per heavy atom. The van der Waals surface area contributed by atoms with Crippen molar-refractivity contribution in [2.45, 2.75) is 20.3 Å². The lowest BCUT2D eigenvalue weighted by Gasteiger charge is -2.34. The van der Waals surface area contributed by atoms with Gasteiger partial charge >= 0.3 is 0 Å². The van der Waals surface area contributed by atoms with Crippen LogP contribution in [0.25, 0.3) is 0 Å². The summed E-state index contributed by atoms with van der Waals surface area (Å²) in [6, 6.07) is 4.89. The molecule has 2 rings (SSSR count). The second kappa shape index (κ2) is 8.54. The van der Waals surface area contributed by atoms with Gasteiger partial charge in [-0.25, -0.2) is 0 Å². The number of anilines is 1. The van der Waals surface area contributed by atoms with Crippen molar-refractivity contribution in [3.05, 3.63) is 28.2 Å². The SMILES string of the molecule is CC(=O)N1CCN(C(=O)CCN(C(C)=O)c2ccc(Cl)cc2Cl)CC1. The van der Waals surface area contributed by atoms with E-state index in [-0.39, 0.29) is 30.7 Å². The van der Waals surface area contributed by atoms with Gasteiger partial charge in [-0.05, 0) is 18.2 Å². The summed E-state index contributed by atoms with van der Waals surface area (Å²) in [5.41, 5.74) is 0.535. The minimum atomic E-state index is -0.196. The summed E-state index contributed by atoms with van der Waals surface area (Å²) in [7, 11) is 0. The number of nitrogens with zero attached hydrogens (tertiary/aromatic N) is 3. The lowest BCUT2D eigenvalue weighted by Crippen LogP contribution is -2.50. The smallest absolute Gasteiger partial charge is 0.224 e. The molecular weight excluding hydrogens is 365 g/mol. The maximum absolute atomic E-state index is 12.4. The molecule has 6 nitrogen and oxygen atoms in total. The molecule has 25 heavy (non-hydrogen) atoms. The molecule has 0 radical (unpaired) electrons. The maximum atomic E-state index is 12.4. The highest BCUT2D eigenvalue weighted by Gasteiger charge is 2.23. The highest BCUT2D eigenvalue weighted by atomic mass is 35.5. The highest BCUT2D eigenvalue weighted by Crippen LogP contribution is 2.29. The van der Waals surface area contributed by atoms with E-state index in [4.69, 9.17) is 23.2 Å². The molecule has 3 amide bonds. The topological polar surface area (TPSA) is 60.9 Å². The molecule has 1 saturated heterocycles. The van der Waals surface area contributed by atoms with E-state index in [1.807, 2.05) is 0 Å². The number of halogens is 2. The first-order chi connectivity index (χ1) is 11.8. The van der Waals surface area contributed by atoms with Gasteiger partial charge in [-0.15, -0.1) is 0 Å². The van der Waals surface area contributed by atoms with Crippen LogP contribution in [0.4, 0.5) is 5.69 Å². The molecule has 1 heterocycles. The van der Waals surface area contributed by atoms with E-state index < -0.39 is 0 Å². The molecule has 0 spiro atoms. The van der Waals surface area contributed by atoms with Crippen molar-refractivity contribution in [1.29, 1.82) is 0 Å². The number of benzene rings is 1. The molecule has 0 N–H and O–H groups in total. The second-order valence-electron chi connectivity index (χ2n) is 5.90. The van der Waals surface area contributed by atoms with Crippen molar-refractivity contribution in [2.24, 2.45) is 0 Å². The van der Waals surface area contributed by atoms with Gasteiger partial charge < -0.3 is 14.7 Å². The third-order valence-corrected chi connectivity index (χ3v) is 4.75. The average Bonchev–Trinajstić information content (AvgIpc) is 2.56. The third kappa shape index (κ3) is 5.09. The summed E-state index contributed by atoms with van der Waals surface area (Å²) in [5, 5.41) is 0.849. The molecule has 0 atom stereocenters. The summed E-state index contributed by atoms with van der Waals surface area (Å²) in [6.07, 6.45) is 0.193. The average molecular weight is 386 g/mol. The van der Waals surface area contributed by atoms with E-state index in [0.29, 0.717) is 41.9 Å². The number of carbonyl (C=O) groups is 3. The summed E-state index contributed by atoms with van der Waals surface area (Å²) in [6.45, 7) is 5.31. The zero-order chi connectivity index (χ0) is 18.6. The van der Waals surface area contributed by atoms with Crippen LogP contribution in [0.3, 0.4) is 0 Å². The Kier molecular flexibility index (Phi) is 6.67. The summed E-state index contributed by atoms with van der Waals surface area (Å²) in [5.74, 6) is -0.217. The first kappa shape index (κ1) is 19.5. The Labute approximate surface area is 157 Å². The number of piperazine rings is 1. The number of carbonyl (C=O) groups excluding carboxylic acids is 3. The van der Waals surface area contributed by atoms with Gasteiger partial charge in [0.2, 0.25) is 17.7 Å². The molecule has 0 bridgehead atoms. The van der Waals surface area contributed by atoms with Crippen LogP contribution in [-0.4, -0.2) is 60.2 Å². The molecule has 0 aromatic heterocycles. The Bertz CT molecular complexity index is 673. The first-order valence-corrected chi connectivity index (χ1v) is 8.81.